The minimum Gasteiger partial charge on any atom is -0.496 e. The van der Waals surface area contributed by atoms with E-state index in [1.165, 1.54) is 0 Å². The third kappa shape index (κ3) is 2.70. The maximum absolute atomic E-state index is 15.0. The minimum atomic E-state index is -0.910. The van der Waals surface area contributed by atoms with Crippen LogP contribution in [0, 0.1) is 0 Å². The van der Waals surface area contributed by atoms with Crippen LogP contribution in [0.2, 0.25) is 0 Å². The zero-order chi connectivity index (χ0) is 16.8. The number of para-hydroxylation sites is 1. The Morgan fingerprint density at radius 1 is 1.17 bits per heavy atom. The molecule has 0 radical (unpaired) electrons. The van der Waals surface area contributed by atoms with Crippen LogP contribution in [0.15, 0.2) is 35.6 Å². The highest BCUT2D eigenvalue weighted by Gasteiger charge is 2.54. The number of hydrogen-bond acceptors (Lipinski definition) is 3. The van der Waals surface area contributed by atoms with Crippen molar-refractivity contribution in [3.05, 3.63) is 41.1 Å². The van der Waals surface area contributed by atoms with Crippen molar-refractivity contribution in [1.29, 1.82) is 0 Å². The Hall–Kier alpha value is -1.33. The maximum atomic E-state index is 15.0. The highest BCUT2D eigenvalue weighted by atomic mass is 19.1. The van der Waals surface area contributed by atoms with Crippen molar-refractivity contribution in [2.45, 2.75) is 57.7 Å². The molecule has 23 heavy (non-hydrogen) atoms. The molecule has 1 aromatic carbocycles. The number of benzene rings is 1. The lowest BCUT2D eigenvalue weighted by Gasteiger charge is -2.32. The van der Waals surface area contributed by atoms with Gasteiger partial charge in [0, 0.05) is 11.5 Å². The lowest BCUT2D eigenvalue weighted by atomic mass is 9.69. The molecule has 0 bridgehead atoms. The quantitative estimate of drug-likeness (QED) is 0.772. The van der Waals surface area contributed by atoms with Crippen molar-refractivity contribution >= 4 is 7.12 Å². The van der Waals surface area contributed by atoms with Gasteiger partial charge < -0.3 is 14.0 Å². The molecule has 3 nitrogen and oxygen atoms in total. The molecule has 2 aliphatic rings. The molecule has 3 rings (SSSR count). The molecule has 0 N–H and O–H groups in total. The van der Waals surface area contributed by atoms with E-state index in [9.17, 15) is 0 Å². The van der Waals surface area contributed by atoms with Crippen LogP contribution in [-0.4, -0.2) is 25.4 Å². The zero-order valence-electron chi connectivity index (χ0n) is 14.5. The predicted octanol–water partition coefficient (Wildman–Crippen LogP) is 4.43. The van der Waals surface area contributed by atoms with Crippen molar-refractivity contribution in [2.24, 2.45) is 0 Å². The van der Waals surface area contributed by atoms with Gasteiger partial charge in [-0.3, -0.25) is 0 Å². The van der Waals surface area contributed by atoms with Crippen LogP contribution < -0.4 is 4.74 Å². The fourth-order valence-electron chi connectivity index (χ4n) is 3.11. The lowest BCUT2D eigenvalue weighted by Crippen LogP contribution is -2.41. The SMILES string of the molecule is COc1ccccc1C1CCC1=C(F)B1OC(C)(C)C(C)(C)O1. The van der Waals surface area contributed by atoms with Gasteiger partial charge in [-0.25, -0.2) is 4.39 Å². The number of methoxy groups -OCH3 is 1. The number of ether oxygens (including phenoxy) is 1. The van der Waals surface area contributed by atoms with Crippen LogP contribution in [-0.2, 0) is 9.31 Å². The second-order valence-electron chi connectivity index (χ2n) is 7.29. The van der Waals surface area contributed by atoms with Crippen molar-refractivity contribution in [1.82, 2.24) is 0 Å². The summed E-state index contributed by atoms with van der Waals surface area (Å²) in [6.07, 6.45) is 1.65. The van der Waals surface area contributed by atoms with Crippen molar-refractivity contribution in [3.8, 4) is 5.75 Å². The van der Waals surface area contributed by atoms with Gasteiger partial charge >= 0.3 is 7.12 Å². The number of halogens is 1. The summed E-state index contributed by atoms with van der Waals surface area (Å²) in [4.78, 5) is 0. The molecular formula is C18H24BFO3. The van der Waals surface area contributed by atoms with Crippen molar-refractivity contribution in [2.75, 3.05) is 7.11 Å². The van der Waals surface area contributed by atoms with Crippen LogP contribution in [0.1, 0.15) is 52.0 Å². The van der Waals surface area contributed by atoms with E-state index in [0.717, 1.165) is 29.7 Å². The summed E-state index contributed by atoms with van der Waals surface area (Å²) in [6, 6.07) is 7.80. The third-order valence-corrected chi connectivity index (χ3v) is 5.40. The third-order valence-electron chi connectivity index (χ3n) is 5.40. The van der Waals surface area contributed by atoms with Crippen molar-refractivity contribution in [3.63, 3.8) is 0 Å². The molecule has 1 saturated carbocycles. The predicted molar refractivity (Wildman–Crippen MR) is 89.2 cm³/mol. The van der Waals surface area contributed by atoms with E-state index in [1.807, 2.05) is 52.0 Å². The molecule has 0 spiro atoms. The first-order chi connectivity index (χ1) is 10.8. The van der Waals surface area contributed by atoms with Gasteiger partial charge in [-0.15, -0.1) is 0 Å². The molecule has 0 aromatic heterocycles. The van der Waals surface area contributed by atoms with Gasteiger partial charge in [0.1, 0.15) is 11.5 Å². The van der Waals surface area contributed by atoms with Gasteiger partial charge in [-0.2, -0.15) is 0 Å². The molecule has 1 aliphatic carbocycles. The minimum absolute atomic E-state index is 0.0465. The van der Waals surface area contributed by atoms with Gasteiger partial charge in [0.15, 0.2) is 0 Å². The zero-order valence-corrected chi connectivity index (χ0v) is 14.5. The van der Waals surface area contributed by atoms with E-state index in [4.69, 9.17) is 14.0 Å². The first-order valence-corrected chi connectivity index (χ1v) is 8.14. The summed E-state index contributed by atoms with van der Waals surface area (Å²) < 4.78 is 32.1. The molecule has 1 saturated heterocycles. The Balaban J connectivity index is 1.88. The van der Waals surface area contributed by atoms with E-state index >= 15 is 4.39 Å². The number of hydrogen-bond donors (Lipinski definition) is 0. The van der Waals surface area contributed by atoms with E-state index in [-0.39, 0.29) is 11.6 Å². The number of allylic oxidation sites excluding steroid dienone is 1. The van der Waals surface area contributed by atoms with Gasteiger partial charge in [-0.05, 0) is 52.2 Å². The Bertz CT molecular complexity index is 623. The second kappa shape index (κ2) is 5.64. The first-order valence-electron chi connectivity index (χ1n) is 8.14. The molecule has 5 heteroatoms. The number of rotatable bonds is 3. The molecular weight excluding hydrogens is 294 g/mol. The Morgan fingerprint density at radius 3 is 2.30 bits per heavy atom. The highest BCUT2D eigenvalue weighted by molar-refractivity contribution is 6.54. The molecule has 2 fully saturated rings. The topological polar surface area (TPSA) is 27.7 Å². The smallest absolute Gasteiger partial charge is 0.496 e. The molecule has 124 valence electrons. The molecule has 1 aliphatic heterocycles. The maximum Gasteiger partial charge on any atom is 0.525 e. The van der Waals surface area contributed by atoms with Gasteiger partial charge in [0.2, 0.25) is 0 Å². The van der Waals surface area contributed by atoms with Crippen LogP contribution in [0.25, 0.3) is 0 Å². The Morgan fingerprint density at radius 2 is 1.78 bits per heavy atom. The summed E-state index contributed by atoms with van der Waals surface area (Å²) >= 11 is 0. The van der Waals surface area contributed by atoms with E-state index < -0.39 is 18.3 Å². The summed E-state index contributed by atoms with van der Waals surface area (Å²) in [5.74, 6) is 0.849. The average molecular weight is 318 g/mol. The fourth-order valence-corrected chi connectivity index (χ4v) is 3.11. The molecule has 1 heterocycles. The van der Waals surface area contributed by atoms with Gasteiger partial charge in [-0.1, -0.05) is 18.2 Å². The van der Waals surface area contributed by atoms with E-state index in [2.05, 4.69) is 0 Å². The van der Waals surface area contributed by atoms with Crippen LogP contribution in [0.4, 0.5) is 4.39 Å². The summed E-state index contributed by atoms with van der Waals surface area (Å²) in [5.41, 5.74) is 0.472. The van der Waals surface area contributed by atoms with Crippen LogP contribution in [0.3, 0.4) is 0 Å². The molecule has 1 unspecified atom stereocenters. The van der Waals surface area contributed by atoms with Gasteiger partial charge in [0.25, 0.3) is 0 Å². The molecule has 1 atom stereocenters. The lowest BCUT2D eigenvalue weighted by molar-refractivity contribution is 0.00578. The highest BCUT2D eigenvalue weighted by Crippen LogP contribution is 2.49. The van der Waals surface area contributed by atoms with Crippen LogP contribution in [0.5, 0.6) is 5.75 Å². The normalized spacial score (nSPS) is 27.6. The summed E-state index contributed by atoms with van der Waals surface area (Å²) in [7, 11) is 0.735. The molecule has 1 aromatic rings. The Kier molecular flexibility index (Phi) is 4.05. The van der Waals surface area contributed by atoms with Gasteiger partial charge in [0.05, 0.1) is 18.3 Å². The summed E-state index contributed by atoms with van der Waals surface area (Å²) in [5, 5.41) is 0. The fraction of sp³-hybridized carbons (Fsp3) is 0.556. The average Bonchev–Trinajstić information content (AvgIpc) is 2.67. The largest absolute Gasteiger partial charge is 0.525 e. The first kappa shape index (κ1) is 16.5. The van der Waals surface area contributed by atoms with Crippen molar-refractivity contribution < 1.29 is 18.4 Å². The summed E-state index contributed by atoms with van der Waals surface area (Å²) in [6.45, 7) is 7.74. The van der Waals surface area contributed by atoms with E-state index in [1.54, 1.807) is 7.11 Å². The monoisotopic (exact) mass is 318 g/mol. The second-order valence-corrected chi connectivity index (χ2v) is 7.29. The molecule has 0 amide bonds. The Labute approximate surface area is 138 Å². The standard InChI is InChI=1S/C18H24BFO3/c1-17(2)18(3,4)23-19(22-17)16(20)14-11-10-12(14)13-8-6-7-9-15(13)21-5/h6-9,12H,10-11H2,1-5H3. The van der Waals surface area contributed by atoms with Crippen LogP contribution >= 0.6 is 0 Å². The van der Waals surface area contributed by atoms with E-state index in [0.29, 0.717) is 0 Å².